The van der Waals surface area contributed by atoms with E-state index in [0.29, 0.717) is 23.6 Å². The third-order valence-corrected chi connectivity index (χ3v) is 7.26. The number of ether oxygens (including phenoxy) is 1. The zero-order chi connectivity index (χ0) is 29.2. The van der Waals surface area contributed by atoms with Crippen LogP contribution in [0.4, 0.5) is 4.39 Å². The number of H-pyrrole nitrogens is 1. The molecule has 4 rings (SSSR count). The van der Waals surface area contributed by atoms with Crippen molar-refractivity contribution in [1.82, 2.24) is 20.4 Å². The maximum atomic E-state index is 14.8. The Morgan fingerprint density at radius 3 is 2.65 bits per heavy atom. The number of amides is 2. The molecule has 0 unspecified atom stereocenters. The monoisotopic (exact) mass is 565 g/mol. The molecule has 1 aliphatic heterocycles. The Morgan fingerprint density at radius 1 is 1.23 bits per heavy atom. The molecule has 1 aromatic heterocycles. The van der Waals surface area contributed by atoms with Gasteiger partial charge < -0.3 is 15.0 Å². The Kier molecular flexibility index (Phi) is 8.26. The fourth-order valence-corrected chi connectivity index (χ4v) is 5.11. The largest absolute Gasteiger partial charge is 0.448 e. The minimum atomic E-state index is -0.971. The molecule has 1 saturated heterocycles. The standard InChI is InChI=1S/C29H29ClFN5O4/c1-16-12-24(27(38)35-34-16)40-23-10-8-19(14-21(23)31)26(37)33-17(2)28(39)36-22(18-6-5-7-20(30)13-18)9-11-25(36)29(3,4)15-32/h5-8,10,12-14,17,22,25H,9,11H2,1-4H3,(H,33,37)(H,35,38)/t17-,22-,25+/m1/s1. The van der Waals surface area contributed by atoms with E-state index in [1.165, 1.54) is 18.2 Å². The smallest absolute Gasteiger partial charge is 0.307 e. The third-order valence-electron chi connectivity index (χ3n) is 7.02. The number of nitriles is 1. The van der Waals surface area contributed by atoms with Crippen LogP contribution in [0.5, 0.6) is 11.5 Å². The second kappa shape index (κ2) is 11.5. The lowest BCUT2D eigenvalue weighted by molar-refractivity contribution is -0.137. The van der Waals surface area contributed by atoms with Gasteiger partial charge in [0, 0.05) is 16.7 Å². The summed E-state index contributed by atoms with van der Waals surface area (Å²) in [7, 11) is 0. The summed E-state index contributed by atoms with van der Waals surface area (Å²) in [5.74, 6) is -2.29. The number of aromatic nitrogens is 2. The van der Waals surface area contributed by atoms with Crippen LogP contribution in [-0.2, 0) is 4.79 Å². The molecule has 40 heavy (non-hydrogen) atoms. The van der Waals surface area contributed by atoms with Crippen LogP contribution in [0.15, 0.2) is 53.3 Å². The molecule has 3 atom stereocenters. The highest BCUT2D eigenvalue weighted by Gasteiger charge is 2.46. The number of carbonyl (C=O) groups is 2. The zero-order valence-corrected chi connectivity index (χ0v) is 23.3. The van der Waals surface area contributed by atoms with Crippen LogP contribution in [0.2, 0.25) is 5.02 Å². The second-order valence-corrected chi connectivity index (χ2v) is 10.8. The van der Waals surface area contributed by atoms with Crippen molar-refractivity contribution in [3.8, 4) is 17.6 Å². The summed E-state index contributed by atoms with van der Waals surface area (Å²) in [6.45, 7) is 6.76. The molecule has 2 heterocycles. The van der Waals surface area contributed by atoms with Gasteiger partial charge in [-0.05, 0) is 76.4 Å². The first-order valence-corrected chi connectivity index (χ1v) is 13.1. The SMILES string of the molecule is Cc1cc(Oc2ccc(C(=O)N[C@H](C)C(=O)N3[C@@H](c4cccc(Cl)c4)CC[C@H]3C(C)(C)C#N)cc2F)c(=O)[nH]n1. The molecular weight excluding hydrogens is 537 g/mol. The summed E-state index contributed by atoms with van der Waals surface area (Å²) in [5.41, 5.74) is -0.181. The van der Waals surface area contributed by atoms with E-state index >= 15 is 0 Å². The highest BCUT2D eigenvalue weighted by molar-refractivity contribution is 6.30. The summed E-state index contributed by atoms with van der Waals surface area (Å²) in [4.78, 5) is 40.4. The highest BCUT2D eigenvalue weighted by Crippen LogP contribution is 2.43. The number of likely N-dealkylation sites (tertiary alicyclic amines) is 1. The number of carbonyl (C=O) groups excluding carboxylic acids is 2. The molecule has 1 aliphatic rings. The number of hydrogen-bond donors (Lipinski definition) is 2. The summed E-state index contributed by atoms with van der Waals surface area (Å²) in [6, 6.07) is 12.8. The highest BCUT2D eigenvalue weighted by atomic mass is 35.5. The van der Waals surface area contributed by atoms with Crippen molar-refractivity contribution in [3.63, 3.8) is 0 Å². The summed E-state index contributed by atoms with van der Waals surface area (Å²) in [5, 5.41) is 19.0. The molecule has 9 nitrogen and oxygen atoms in total. The fraction of sp³-hybridized carbons (Fsp3) is 0.345. The number of nitrogens with zero attached hydrogens (tertiary/aromatic N) is 3. The van der Waals surface area contributed by atoms with Crippen molar-refractivity contribution in [2.24, 2.45) is 5.41 Å². The molecule has 11 heteroatoms. The molecule has 208 valence electrons. The van der Waals surface area contributed by atoms with Crippen LogP contribution < -0.4 is 15.6 Å². The Labute approximate surface area is 235 Å². The van der Waals surface area contributed by atoms with E-state index in [1.807, 2.05) is 12.1 Å². The number of hydrogen-bond acceptors (Lipinski definition) is 6. The molecule has 0 bridgehead atoms. The first-order chi connectivity index (χ1) is 18.9. The molecule has 0 aliphatic carbocycles. The van der Waals surface area contributed by atoms with Gasteiger partial charge in [0.15, 0.2) is 17.3 Å². The van der Waals surface area contributed by atoms with Gasteiger partial charge in [0.05, 0.1) is 29.3 Å². The van der Waals surface area contributed by atoms with E-state index in [2.05, 4.69) is 21.6 Å². The Hall–Kier alpha value is -4.23. The molecule has 1 fully saturated rings. The van der Waals surface area contributed by atoms with Crippen LogP contribution in [0.25, 0.3) is 0 Å². The minimum absolute atomic E-state index is 0.0361. The quantitative estimate of drug-likeness (QED) is 0.412. The zero-order valence-electron chi connectivity index (χ0n) is 22.5. The van der Waals surface area contributed by atoms with Crippen molar-refractivity contribution in [2.45, 2.75) is 58.7 Å². The first-order valence-electron chi connectivity index (χ1n) is 12.7. The van der Waals surface area contributed by atoms with Gasteiger partial charge in [-0.3, -0.25) is 14.4 Å². The maximum Gasteiger partial charge on any atom is 0.307 e. The predicted molar refractivity (Wildman–Crippen MR) is 146 cm³/mol. The van der Waals surface area contributed by atoms with Gasteiger partial charge >= 0.3 is 5.56 Å². The van der Waals surface area contributed by atoms with Crippen molar-refractivity contribution in [1.29, 1.82) is 5.26 Å². The molecule has 3 aromatic rings. The van der Waals surface area contributed by atoms with Crippen molar-refractivity contribution >= 4 is 23.4 Å². The van der Waals surface area contributed by atoms with E-state index in [0.717, 1.165) is 11.6 Å². The molecular formula is C29H29ClFN5O4. The fourth-order valence-electron chi connectivity index (χ4n) is 4.91. The van der Waals surface area contributed by atoms with E-state index in [1.54, 1.807) is 44.7 Å². The van der Waals surface area contributed by atoms with Gasteiger partial charge in [-0.1, -0.05) is 23.7 Å². The molecule has 0 saturated carbocycles. The van der Waals surface area contributed by atoms with E-state index in [4.69, 9.17) is 16.3 Å². The number of aryl methyl sites for hydroxylation is 1. The van der Waals surface area contributed by atoms with Gasteiger partial charge in [0.1, 0.15) is 6.04 Å². The van der Waals surface area contributed by atoms with Crippen LogP contribution in [0, 0.1) is 29.5 Å². The third kappa shape index (κ3) is 6.00. The van der Waals surface area contributed by atoms with Crippen molar-refractivity contribution < 1.29 is 18.7 Å². The average Bonchev–Trinajstić information content (AvgIpc) is 3.37. The Balaban J connectivity index is 1.53. The molecule has 0 spiro atoms. The maximum absolute atomic E-state index is 14.8. The van der Waals surface area contributed by atoms with Crippen molar-refractivity contribution in [3.05, 3.63) is 86.5 Å². The lowest BCUT2D eigenvalue weighted by atomic mass is 9.84. The molecule has 2 N–H and O–H groups in total. The topological polar surface area (TPSA) is 128 Å². The summed E-state index contributed by atoms with van der Waals surface area (Å²) >= 11 is 6.21. The number of rotatable bonds is 7. The molecule has 2 aromatic carbocycles. The summed E-state index contributed by atoms with van der Waals surface area (Å²) in [6.07, 6.45) is 1.24. The average molecular weight is 566 g/mol. The lowest BCUT2D eigenvalue weighted by Gasteiger charge is -2.38. The normalized spacial score (nSPS) is 17.7. The second-order valence-electron chi connectivity index (χ2n) is 10.4. The van der Waals surface area contributed by atoms with Crippen LogP contribution in [0.1, 0.15) is 61.3 Å². The van der Waals surface area contributed by atoms with E-state index in [-0.39, 0.29) is 35.1 Å². The minimum Gasteiger partial charge on any atom is -0.448 e. The van der Waals surface area contributed by atoms with Gasteiger partial charge in [-0.2, -0.15) is 10.4 Å². The number of nitrogens with one attached hydrogen (secondary N) is 2. The number of halogens is 2. The van der Waals surface area contributed by atoms with E-state index < -0.39 is 28.7 Å². The van der Waals surface area contributed by atoms with E-state index in [9.17, 15) is 24.0 Å². The van der Waals surface area contributed by atoms with Gasteiger partial charge in [-0.15, -0.1) is 0 Å². The lowest BCUT2D eigenvalue weighted by Crippen LogP contribution is -2.52. The number of aromatic amines is 1. The Morgan fingerprint density at radius 2 is 1.98 bits per heavy atom. The first kappa shape index (κ1) is 28.8. The predicted octanol–water partition coefficient (Wildman–Crippen LogP) is 5.06. The van der Waals surface area contributed by atoms with Crippen LogP contribution in [0.3, 0.4) is 0 Å². The van der Waals surface area contributed by atoms with Crippen LogP contribution >= 0.6 is 11.6 Å². The van der Waals surface area contributed by atoms with Crippen LogP contribution in [-0.4, -0.2) is 39.0 Å². The van der Waals surface area contributed by atoms with Gasteiger partial charge in [-0.25, -0.2) is 9.49 Å². The number of benzene rings is 2. The van der Waals surface area contributed by atoms with Gasteiger partial charge in [0.2, 0.25) is 5.91 Å². The summed E-state index contributed by atoms with van der Waals surface area (Å²) < 4.78 is 20.2. The van der Waals surface area contributed by atoms with Gasteiger partial charge in [0.25, 0.3) is 5.91 Å². The molecule has 2 amide bonds. The molecule has 0 radical (unpaired) electrons. The van der Waals surface area contributed by atoms with Crippen molar-refractivity contribution in [2.75, 3.05) is 0 Å². The Bertz CT molecular complexity index is 1550.